The van der Waals surface area contributed by atoms with E-state index in [1.807, 2.05) is 0 Å². The molecule has 29 heavy (non-hydrogen) atoms. The summed E-state index contributed by atoms with van der Waals surface area (Å²) in [6.45, 7) is 1.43. The average Bonchev–Trinajstić information content (AvgIpc) is 2.68. The molecule has 1 atom stereocenters. The van der Waals surface area contributed by atoms with Gasteiger partial charge in [-0.2, -0.15) is 0 Å². The smallest absolute Gasteiger partial charge is 0.340 e. The summed E-state index contributed by atoms with van der Waals surface area (Å²) in [5.74, 6) is -1.07. The number of halogens is 2. The van der Waals surface area contributed by atoms with Crippen LogP contribution in [0.3, 0.4) is 0 Å². The van der Waals surface area contributed by atoms with Gasteiger partial charge in [-0.15, -0.1) is 11.8 Å². The van der Waals surface area contributed by atoms with Crippen molar-refractivity contribution in [3.05, 3.63) is 52.1 Å². The Labute approximate surface area is 182 Å². The van der Waals surface area contributed by atoms with Gasteiger partial charge >= 0.3 is 5.97 Å². The first kappa shape index (κ1) is 23.0. The summed E-state index contributed by atoms with van der Waals surface area (Å²) < 4.78 is 5.27. The van der Waals surface area contributed by atoms with Crippen molar-refractivity contribution < 1.29 is 19.1 Å². The van der Waals surface area contributed by atoms with Crippen molar-refractivity contribution in [3.63, 3.8) is 0 Å². The first-order chi connectivity index (χ1) is 13.7. The van der Waals surface area contributed by atoms with Crippen LogP contribution in [0, 0.1) is 0 Å². The summed E-state index contributed by atoms with van der Waals surface area (Å²) in [6, 6.07) is 8.16. The number of carbonyl (C=O) groups excluding carboxylic acids is 3. The maximum Gasteiger partial charge on any atom is 0.340 e. The highest BCUT2D eigenvalue weighted by atomic mass is 35.5. The van der Waals surface area contributed by atoms with Gasteiger partial charge in [0.2, 0.25) is 5.91 Å². The van der Waals surface area contributed by atoms with Gasteiger partial charge in [-0.05, 0) is 25.1 Å². The van der Waals surface area contributed by atoms with E-state index < -0.39 is 18.0 Å². The molecule has 0 aliphatic rings. The maximum absolute atomic E-state index is 12.6. The van der Waals surface area contributed by atoms with Crippen LogP contribution in [0.25, 0.3) is 0 Å². The van der Waals surface area contributed by atoms with Crippen molar-refractivity contribution in [2.24, 2.45) is 0 Å². The van der Waals surface area contributed by atoms with Crippen molar-refractivity contribution in [3.8, 4) is 0 Å². The van der Waals surface area contributed by atoms with Gasteiger partial charge in [-0.1, -0.05) is 35.3 Å². The van der Waals surface area contributed by atoms with Crippen LogP contribution in [0.1, 0.15) is 17.3 Å². The Balaban J connectivity index is 2.03. The SMILES string of the molecule is C[C@@H](OC(=O)c1ccccc1SCC(=O)N(C)C)C(=O)Nc1ncc(Cl)cc1Cl. The van der Waals surface area contributed by atoms with Gasteiger partial charge < -0.3 is 15.0 Å². The van der Waals surface area contributed by atoms with E-state index in [4.69, 9.17) is 27.9 Å². The number of ether oxygens (including phenoxy) is 1. The summed E-state index contributed by atoms with van der Waals surface area (Å²) in [5.41, 5.74) is 0.270. The molecule has 1 N–H and O–H groups in total. The molecule has 0 aliphatic heterocycles. The van der Waals surface area contributed by atoms with Crippen LogP contribution in [0.5, 0.6) is 0 Å². The van der Waals surface area contributed by atoms with Crippen LogP contribution in [0.4, 0.5) is 5.82 Å². The van der Waals surface area contributed by atoms with Gasteiger partial charge in [0.15, 0.2) is 11.9 Å². The Morgan fingerprint density at radius 3 is 2.59 bits per heavy atom. The van der Waals surface area contributed by atoms with Crippen LogP contribution in [0.2, 0.25) is 10.0 Å². The number of pyridine rings is 1. The molecular weight excluding hydrogens is 437 g/mol. The molecule has 2 rings (SSSR count). The number of nitrogens with zero attached hydrogens (tertiary/aromatic N) is 2. The van der Waals surface area contributed by atoms with E-state index in [9.17, 15) is 14.4 Å². The first-order valence-corrected chi connectivity index (χ1v) is 10.2. The number of carbonyl (C=O) groups is 3. The van der Waals surface area contributed by atoms with E-state index in [1.165, 1.54) is 35.8 Å². The zero-order chi connectivity index (χ0) is 21.6. The number of amides is 2. The minimum Gasteiger partial charge on any atom is -0.449 e. The van der Waals surface area contributed by atoms with Crippen molar-refractivity contribution in [1.29, 1.82) is 0 Å². The number of benzene rings is 1. The Morgan fingerprint density at radius 1 is 1.24 bits per heavy atom. The molecule has 2 amide bonds. The molecule has 0 radical (unpaired) electrons. The number of hydrogen-bond donors (Lipinski definition) is 1. The summed E-state index contributed by atoms with van der Waals surface area (Å²) in [4.78, 5) is 42.7. The van der Waals surface area contributed by atoms with Crippen LogP contribution < -0.4 is 5.32 Å². The first-order valence-electron chi connectivity index (χ1n) is 8.44. The third-order valence-corrected chi connectivity index (χ3v) is 5.21. The predicted molar refractivity (Wildman–Crippen MR) is 114 cm³/mol. The van der Waals surface area contributed by atoms with Gasteiger partial charge in [0.05, 0.1) is 21.4 Å². The molecule has 0 fully saturated rings. The monoisotopic (exact) mass is 455 g/mol. The molecule has 0 saturated heterocycles. The van der Waals surface area contributed by atoms with Gasteiger partial charge in [-0.3, -0.25) is 9.59 Å². The van der Waals surface area contributed by atoms with Crippen molar-refractivity contribution in [1.82, 2.24) is 9.88 Å². The molecule has 7 nitrogen and oxygen atoms in total. The van der Waals surface area contributed by atoms with E-state index >= 15 is 0 Å². The van der Waals surface area contributed by atoms with E-state index in [0.29, 0.717) is 9.92 Å². The average molecular weight is 456 g/mol. The normalized spacial score (nSPS) is 11.5. The molecular formula is C19H19Cl2N3O4S. The van der Waals surface area contributed by atoms with Crippen molar-refractivity contribution in [2.75, 3.05) is 25.2 Å². The Kier molecular flexibility index (Phi) is 8.31. The lowest BCUT2D eigenvalue weighted by atomic mass is 10.2. The second-order valence-electron chi connectivity index (χ2n) is 6.09. The molecule has 0 saturated carbocycles. The lowest BCUT2D eigenvalue weighted by molar-refractivity contribution is -0.126. The number of thioether (sulfide) groups is 1. The number of hydrogen-bond acceptors (Lipinski definition) is 6. The second kappa shape index (κ2) is 10.5. The summed E-state index contributed by atoms with van der Waals surface area (Å²) in [5, 5.41) is 2.98. The predicted octanol–water partition coefficient (Wildman–Crippen LogP) is 3.75. The molecule has 1 aromatic heterocycles. The minimum absolute atomic E-state index is 0.0849. The highest BCUT2D eigenvalue weighted by molar-refractivity contribution is 8.00. The second-order valence-corrected chi connectivity index (χ2v) is 7.95. The van der Waals surface area contributed by atoms with Crippen LogP contribution in [-0.4, -0.2) is 53.6 Å². The molecule has 0 bridgehead atoms. The third kappa shape index (κ3) is 6.62. The van der Waals surface area contributed by atoms with E-state index in [1.54, 1.807) is 38.4 Å². The van der Waals surface area contributed by atoms with Crippen molar-refractivity contribution >= 4 is 58.6 Å². The molecule has 154 valence electrons. The Morgan fingerprint density at radius 2 is 1.93 bits per heavy atom. The fourth-order valence-corrected chi connectivity index (χ4v) is 3.48. The molecule has 0 unspecified atom stereocenters. The number of anilines is 1. The summed E-state index contributed by atoms with van der Waals surface area (Å²) >= 11 is 13.0. The zero-order valence-electron chi connectivity index (χ0n) is 15.9. The van der Waals surface area contributed by atoms with Crippen molar-refractivity contribution in [2.45, 2.75) is 17.9 Å². The van der Waals surface area contributed by atoms with Gasteiger partial charge in [0, 0.05) is 25.2 Å². The van der Waals surface area contributed by atoms with Crippen LogP contribution in [-0.2, 0) is 14.3 Å². The molecule has 1 aromatic carbocycles. The standard InChI is InChI=1S/C19H19Cl2N3O4S/c1-11(18(26)23-17-14(21)8-12(20)9-22-17)28-19(27)13-6-4-5-7-15(13)29-10-16(25)24(2)3/h4-9,11H,10H2,1-3H3,(H,22,23,26)/t11-/m1/s1. The summed E-state index contributed by atoms with van der Waals surface area (Å²) in [6.07, 6.45) is 0.236. The van der Waals surface area contributed by atoms with E-state index in [-0.39, 0.29) is 28.1 Å². The molecule has 10 heteroatoms. The minimum atomic E-state index is -1.10. The molecule has 0 aliphatic carbocycles. The maximum atomic E-state index is 12.6. The van der Waals surface area contributed by atoms with E-state index in [2.05, 4.69) is 10.3 Å². The number of rotatable bonds is 7. The number of aromatic nitrogens is 1. The Hall–Kier alpha value is -2.29. The van der Waals surface area contributed by atoms with Gasteiger partial charge in [0.25, 0.3) is 5.91 Å². The lowest BCUT2D eigenvalue weighted by Crippen LogP contribution is -2.30. The van der Waals surface area contributed by atoms with Crippen LogP contribution in [0.15, 0.2) is 41.4 Å². The highest BCUT2D eigenvalue weighted by Crippen LogP contribution is 2.25. The fraction of sp³-hybridized carbons (Fsp3) is 0.263. The number of nitrogens with one attached hydrogen (secondary N) is 1. The lowest BCUT2D eigenvalue weighted by Gasteiger charge is -2.15. The topological polar surface area (TPSA) is 88.6 Å². The molecule has 0 spiro atoms. The third-order valence-electron chi connectivity index (χ3n) is 3.66. The molecule has 1 heterocycles. The molecule has 2 aromatic rings. The van der Waals surface area contributed by atoms with E-state index in [0.717, 1.165) is 0 Å². The zero-order valence-corrected chi connectivity index (χ0v) is 18.3. The van der Waals surface area contributed by atoms with Gasteiger partial charge in [-0.25, -0.2) is 9.78 Å². The largest absolute Gasteiger partial charge is 0.449 e. The Bertz CT molecular complexity index is 924. The summed E-state index contributed by atoms with van der Waals surface area (Å²) in [7, 11) is 3.32. The number of esters is 1. The quantitative estimate of drug-likeness (QED) is 0.504. The fourth-order valence-electron chi connectivity index (χ4n) is 2.03. The highest BCUT2D eigenvalue weighted by Gasteiger charge is 2.22. The van der Waals surface area contributed by atoms with Gasteiger partial charge in [0.1, 0.15) is 0 Å². The van der Waals surface area contributed by atoms with Crippen LogP contribution >= 0.6 is 35.0 Å².